The lowest BCUT2D eigenvalue weighted by Crippen LogP contribution is -2.23. The van der Waals surface area contributed by atoms with Gasteiger partial charge in [0.1, 0.15) is 4.83 Å². The summed E-state index contributed by atoms with van der Waals surface area (Å²) in [5.41, 5.74) is -0.0692. The van der Waals surface area contributed by atoms with Crippen molar-refractivity contribution in [2.45, 2.75) is 37.9 Å². The summed E-state index contributed by atoms with van der Waals surface area (Å²) in [6.45, 7) is 2.69. The highest BCUT2D eigenvalue weighted by Crippen LogP contribution is 2.21. The summed E-state index contributed by atoms with van der Waals surface area (Å²) in [6.07, 6.45) is 3.01. The SMILES string of the molecule is CCCCCn1c(SCC(=O)O)nc2sccc2c1=O. The summed E-state index contributed by atoms with van der Waals surface area (Å²) in [5.74, 6) is -0.993. The van der Waals surface area contributed by atoms with E-state index in [-0.39, 0.29) is 11.3 Å². The van der Waals surface area contributed by atoms with Crippen LogP contribution in [0.1, 0.15) is 26.2 Å². The van der Waals surface area contributed by atoms with Gasteiger partial charge in [-0.25, -0.2) is 4.98 Å². The maximum atomic E-state index is 12.4. The summed E-state index contributed by atoms with van der Waals surface area (Å²) in [5, 5.41) is 11.7. The monoisotopic (exact) mass is 312 g/mol. The number of carbonyl (C=O) groups is 1. The number of rotatable bonds is 7. The number of thioether (sulfide) groups is 1. The summed E-state index contributed by atoms with van der Waals surface area (Å²) in [7, 11) is 0. The molecule has 2 aromatic rings. The largest absolute Gasteiger partial charge is 0.481 e. The van der Waals surface area contributed by atoms with E-state index in [9.17, 15) is 9.59 Å². The Kier molecular flexibility index (Phi) is 5.19. The van der Waals surface area contributed by atoms with Gasteiger partial charge in [-0.1, -0.05) is 31.5 Å². The summed E-state index contributed by atoms with van der Waals surface area (Å²) in [4.78, 5) is 28.2. The maximum Gasteiger partial charge on any atom is 0.313 e. The average molecular weight is 312 g/mol. The molecule has 0 aliphatic rings. The van der Waals surface area contributed by atoms with Gasteiger partial charge in [0.05, 0.1) is 11.1 Å². The quantitative estimate of drug-likeness (QED) is 0.483. The second kappa shape index (κ2) is 6.90. The van der Waals surface area contributed by atoms with E-state index in [1.807, 2.05) is 5.38 Å². The minimum atomic E-state index is -0.907. The molecule has 0 atom stereocenters. The zero-order chi connectivity index (χ0) is 14.5. The number of hydrogen-bond acceptors (Lipinski definition) is 5. The molecule has 0 aliphatic heterocycles. The number of aromatic nitrogens is 2. The molecule has 108 valence electrons. The Bertz CT molecular complexity index is 663. The van der Waals surface area contributed by atoms with Gasteiger partial charge in [-0.05, 0) is 17.9 Å². The van der Waals surface area contributed by atoms with Gasteiger partial charge < -0.3 is 5.11 Å². The first-order valence-corrected chi connectivity index (χ1v) is 8.32. The van der Waals surface area contributed by atoms with E-state index in [4.69, 9.17) is 5.11 Å². The van der Waals surface area contributed by atoms with Crippen LogP contribution in [0.5, 0.6) is 0 Å². The first-order chi connectivity index (χ1) is 9.63. The van der Waals surface area contributed by atoms with E-state index in [1.54, 1.807) is 10.6 Å². The van der Waals surface area contributed by atoms with E-state index >= 15 is 0 Å². The Balaban J connectivity index is 2.37. The number of fused-ring (bicyclic) bond motifs is 1. The fraction of sp³-hybridized carbons (Fsp3) is 0.462. The highest BCUT2D eigenvalue weighted by atomic mass is 32.2. The lowest BCUT2D eigenvalue weighted by atomic mass is 10.2. The molecule has 0 amide bonds. The Morgan fingerprint density at radius 2 is 2.30 bits per heavy atom. The van der Waals surface area contributed by atoms with Gasteiger partial charge >= 0.3 is 5.97 Å². The molecule has 0 radical (unpaired) electrons. The van der Waals surface area contributed by atoms with Gasteiger partial charge in [-0.3, -0.25) is 14.2 Å². The van der Waals surface area contributed by atoms with Crippen LogP contribution in [0, 0.1) is 0 Å². The minimum Gasteiger partial charge on any atom is -0.481 e. The number of nitrogens with zero attached hydrogens (tertiary/aromatic N) is 2. The second-order valence-corrected chi connectivity index (χ2v) is 6.22. The van der Waals surface area contributed by atoms with Crippen LogP contribution in [0.2, 0.25) is 0 Å². The van der Waals surface area contributed by atoms with E-state index in [1.165, 1.54) is 11.3 Å². The van der Waals surface area contributed by atoms with Gasteiger partial charge in [0.2, 0.25) is 0 Å². The number of unbranched alkanes of at least 4 members (excludes halogenated alkanes) is 2. The maximum absolute atomic E-state index is 12.4. The minimum absolute atomic E-state index is 0.0692. The standard InChI is InChI=1S/C13H16N2O3S2/c1-2-3-4-6-15-12(18)9-5-7-19-11(9)14-13(15)20-8-10(16)17/h5,7H,2-4,6,8H2,1H3,(H,16,17). The number of hydrogen-bond donors (Lipinski definition) is 1. The number of carboxylic acids is 1. The summed E-state index contributed by atoms with van der Waals surface area (Å²) < 4.78 is 1.61. The van der Waals surface area contributed by atoms with Gasteiger partial charge in [0.25, 0.3) is 5.56 Å². The molecular formula is C13H16N2O3S2. The molecule has 2 heterocycles. The molecule has 7 heteroatoms. The van der Waals surface area contributed by atoms with Crippen molar-refractivity contribution in [1.82, 2.24) is 9.55 Å². The molecule has 0 aromatic carbocycles. The van der Waals surface area contributed by atoms with Crippen LogP contribution >= 0.6 is 23.1 Å². The van der Waals surface area contributed by atoms with Crippen LogP contribution in [0.25, 0.3) is 10.2 Å². The highest BCUT2D eigenvalue weighted by Gasteiger charge is 2.13. The lowest BCUT2D eigenvalue weighted by Gasteiger charge is -2.10. The zero-order valence-electron chi connectivity index (χ0n) is 11.2. The van der Waals surface area contributed by atoms with Crippen molar-refractivity contribution in [3.63, 3.8) is 0 Å². The van der Waals surface area contributed by atoms with Crippen LogP contribution in [-0.4, -0.2) is 26.4 Å². The van der Waals surface area contributed by atoms with Crippen LogP contribution in [0.4, 0.5) is 0 Å². The normalized spacial score (nSPS) is 11.1. The molecule has 0 bridgehead atoms. The molecule has 0 unspecified atom stereocenters. The zero-order valence-corrected chi connectivity index (χ0v) is 12.8. The van der Waals surface area contributed by atoms with Gasteiger partial charge in [0.15, 0.2) is 5.16 Å². The van der Waals surface area contributed by atoms with Crippen molar-refractivity contribution < 1.29 is 9.90 Å². The summed E-state index contributed by atoms with van der Waals surface area (Å²) in [6, 6.07) is 1.78. The second-order valence-electron chi connectivity index (χ2n) is 4.38. The van der Waals surface area contributed by atoms with Crippen LogP contribution in [0.15, 0.2) is 21.4 Å². The Morgan fingerprint density at radius 1 is 1.50 bits per heavy atom. The van der Waals surface area contributed by atoms with Gasteiger partial charge in [-0.2, -0.15) is 0 Å². The van der Waals surface area contributed by atoms with E-state index < -0.39 is 5.97 Å². The third-order valence-corrected chi connectivity index (χ3v) is 4.63. The molecule has 5 nitrogen and oxygen atoms in total. The van der Waals surface area contributed by atoms with E-state index in [0.717, 1.165) is 31.0 Å². The molecule has 0 fully saturated rings. The van der Waals surface area contributed by atoms with Crippen molar-refractivity contribution in [1.29, 1.82) is 0 Å². The smallest absolute Gasteiger partial charge is 0.313 e. The number of carboxylic acid groups (broad SMARTS) is 1. The molecule has 1 N–H and O–H groups in total. The molecule has 0 aliphatic carbocycles. The molecular weight excluding hydrogens is 296 g/mol. The van der Waals surface area contributed by atoms with Crippen molar-refractivity contribution in [2.24, 2.45) is 0 Å². The van der Waals surface area contributed by atoms with Crippen LogP contribution < -0.4 is 5.56 Å². The molecule has 0 spiro atoms. The molecule has 20 heavy (non-hydrogen) atoms. The molecule has 0 saturated carbocycles. The third kappa shape index (κ3) is 3.40. The van der Waals surface area contributed by atoms with Crippen molar-refractivity contribution >= 4 is 39.3 Å². The Morgan fingerprint density at radius 3 is 3.00 bits per heavy atom. The highest BCUT2D eigenvalue weighted by molar-refractivity contribution is 7.99. The Labute approximate surface area is 124 Å². The fourth-order valence-corrected chi connectivity index (χ4v) is 3.43. The molecule has 0 saturated heterocycles. The van der Waals surface area contributed by atoms with Crippen molar-refractivity contribution in [2.75, 3.05) is 5.75 Å². The topological polar surface area (TPSA) is 72.2 Å². The van der Waals surface area contributed by atoms with Crippen molar-refractivity contribution in [3.05, 3.63) is 21.8 Å². The predicted octanol–water partition coefficient (Wildman–Crippen LogP) is 2.82. The number of thiophene rings is 1. The fourth-order valence-electron chi connectivity index (χ4n) is 1.88. The predicted molar refractivity (Wildman–Crippen MR) is 81.8 cm³/mol. The summed E-state index contributed by atoms with van der Waals surface area (Å²) >= 11 is 2.51. The Hall–Kier alpha value is -1.34. The molecule has 2 aromatic heterocycles. The third-order valence-electron chi connectivity index (χ3n) is 2.86. The number of aliphatic carboxylic acids is 1. The van der Waals surface area contributed by atoms with E-state index in [0.29, 0.717) is 21.9 Å². The van der Waals surface area contributed by atoms with E-state index in [2.05, 4.69) is 11.9 Å². The van der Waals surface area contributed by atoms with Crippen LogP contribution in [0.3, 0.4) is 0 Å². The molecule has 2 rings (SSSR count). The van der Waals surface area contributed by atoms with Gasteiger partial charge in [-0.15, -0.1) is 11.3 Å². The first kappa shape index (κ1) is 15.1. The lowest BCUT2D eigenvalue weighted by molar-refractivity contribution is -0.133. The van der Waals surface area contributed by atoms with Crippen LogP contribution in [-0.2, 0) is 11.3 Å². The average Bonchev–Trinajstić information content (AvgIpc) is 2.87. The van der Waals surface area contributed by atoms with Gasteiger partial charge in [0, 0.05) is 6.54 Å². The van der Waals surface area contributed by atoms with Crippen molar-refractivity contribution in [3.8, 4) is 0 Å². The first-order valence-electron chi connectivity index (χ1n) is 6.46.